The minimum atomic E-state index is -4.38. The van der Waals surface area contributed by atoms with E-state index in [1.54, 1.807) is 18.4 Å². The first-order valence-corrected chi connectivity index (χ1v) is 8.92. The first-order valence-electron chi connectivity index (χ1n) is 8.10. The fourth-order valence-electron chi connectivity index (χ4n) is 2.07. The predicted molar refractivity (Wildman–Crippen MR) is 96.6 cm³/mol. The van der Waals surface area contributed by atoms with Gasteiger partial charge in [-0.3, -0.25) is 4.99 Å². The molecule has 1 aromatic heterocycles. The van der Waals surface area contributed by atoms with Crippen LogP contribution in [0.25, 0.3) is 0 Å². The van der Waals surface area contributed by atoms with Gasteiger partial charge in [0.05, 0.1) is 18.7 Å². The van der Waals surface area contributed by atoms with Crippen LogP contribution >= 0.6 is 11.3 Å². The van der Waals surface area contributed by atoms with Gasteiger partial charge in [-0.15, -0.1) is 11.3 Å². The van der Waals surface area contributed by atoms with Crippen LogP contribution in [-0.4, -0.2) is 31.1 Å². The summed E-state index contributed by atoms with van der Waals surface area (Å²) in [6.07, 6.45) is -1.56. The maximum Gasteiger partial charge on any atom is 0.416 e. The summed E-state index contributed by atoms with van der Waals surface area (Å²) in [7, 11) is 1.64. The zero-order valence-corrected chi connectivity index (χ0v) is 15.4. The molecule has 2 N–H and O–H groups in total. The van der Waals surface area contributed by atoms with Crippen molar-refractivity contribution >= 4 is 17.3 Å². The number of aryl methyl sites for hydroxylation is 1. The zero-order valence-electron chi connectivity index (χ0n) is 14.6. The number of aromatic nitrogens is 1. The molecule has 26 heavy (non-hydrogen) atoms. The van der Waals surface area contributed by atoms with Crippen LogP contribution in [0.2, 0.25) is 0 Å². The molecular weight excluding hydrogens is 365 g/mol. The fourth-order valence-corrected chi connectivity index (χ4v) is 2.88. The van der Waals surface area contributed by atoms with Gasteiger partial charge in [0, 0.05) is 18.1 Å². The predicted octanol–water partition coefficient (Wildman–Crippen LogP) is 3.47. The molecule has 0 aliphatic rings. The number of rotatable bonds is 7. The monoisotopic (exact) mass is 386 g/mol. The summed E-state index contributed by atoms with van der Waals surface area (Å²) < 4.78 is 43.3. The quantitative estimate of drug-likeness (QED) is 0.435. The number of ether oxygens (including phenoxy) is 1. The van der Waals surface area contributed by atoms with Crippen molar-refractivity contribution in [1.29, 1.82) is 0 Å². The molecule has 0 unspecified atom stereocenters. The van der Waals surface area contributed by atoms with Crippen molar-refractivity contribution in [1.82, 2.24) is 15.6 Å². The van der Waals surface area contributed by atoms with E-state index in [0.717, 1.165) is 23.6 Å². The fraction of sp³-hybridized carbons (Fsp3) is 0.412. The normalized spacial score (nSPS) is 12.1. The third-order valence-corrected chi connectivity index (χ3v) is 4.55. The van der Waals surface area contributed by atoms with Gasteiger partial charge in [0.15, 0.2) is 5.96 Å². The lowest BCUT2D eigenvalue weighted by Crippen LogP contribution is -2.38. The first kappa shape index (κ1) is 20.0. The van der Waals surface area contributed by atoms with Crippen LogP contribution in [-0.2, 0) is 19.1 Å². The first-order chi connectivity index (χ1) is 12.4. The van der Waals surface area contributed by atoms with E-state index in [4.69, 9.17) is 4.74 Å². The number of alkyl halides is 3. The Bertz CT molecular complexity index is 731. The number of guanidine groups is 1. The molecule has 9 heteroatoms. The molecule has 5 nitrogen and oxygen atoms in total. The summed E-state index contributed by atoms with van der Waals surface area (Å²) >= 11 is 1.64. The second-order valence-electron chi connectivity index (χ2n) is 5.30. The molecule has 142 valence electrons. The molecule has 0 radical (unpaired) electrons. The summed E-state index contributed by atoms with van der Waals surface area (Å²) in [5.74, 6) is 0.755. The van der Waals surface area contributed by atoms with E-state index in [2.05, 4.69) is 27.5 Å². The van der Waals surface area contributed by atoms with E-state index >= 15 is 0 Å². The van der Waals surface area contributed by atoms with Crippen LogP contribution in [0.3, 0.4) is 0 Å². The lowest BCUT2D eigenvalue weighted by molar-refractivity contribution is -0.137. The Morgan fingerprint density at radius 3 is 2.77 bits per heavy atom. The number of nitrogens with zero attached hydrogens (tertiary/aromatic N) is 2. The second-order valence-corrected chi connectivity index (χ2v) is 6.50. The molecule has 0 saturated carbocycles. The van der Waals surface area contributed by atoms with Crippen LogP contribution in [0.5, 0.6) is 5.75 Å². The van der Waals surface area contributed by atoms with Crippen LogP contribution in [0, 0.1) is 0 Å². The Hall–Kier alpha value is -2.29. The number of aliphatic imine (C=N–C) groups is 1. The van der Waals surface area contributed by atoms with Gasteiger partial charge in [-0.05, 0) is 24.6 Å². The minimum absolute atomic E-state index is 0.180. The van der Waals surface area contributed by atoms with Crippen LogP contribution in [0.4, 0.5) is 13.2 Å². The molecule has 0 bridgehead atoms. The number of halogens is 3. The number of hydrogen-bond acceptors (Lipinski definition) is 4. The van der Waals surface area contributed by atoms with Crippen molar-refractivity contribution in [2.45, 2.75) is 26.1 Å². The maximum atomic E-state index is 12.7. The molecule has 0 spiro atoms. The van der Waals surface area contributed by atoms with Crippen LogP contribution < -0.4 is 15.4 Å². The number of nitrogens with one attached hydrogen (secondary N) is 2. The molecule has 2 aromatic rings. The van der Waals surface area contributed by atoms with Gasteiger partial charge in [-0.1, -0.05) is 13.0 Å². The van der Waals surface area contributed by atoms with Crippen molar-refractivity contribution in [3.8, 4) is 5.75 Å². The van der Waals surface area contributed by atoms with Crippen molar-refractivity contribution < 1.29 is 17.9 Å². The Balaban J connectivity index is 1.74. The molecule has 0 atom stereocenters. The lowest BCUT2D eigenvalue weighted by atomic mass is 10.2. The third kappa shape index (κ3) is 6.21. The van der Waals surface area contributed by atoms with E-state index in [9.17, 15) is 13.2 Å². The van der Waals surface area contributed by atoms with Crippen molar-refractivity contribution in [2.24, 2.45) is 4.99 Å². The van der Waals surface area contributed by atoms with E-state index in [1.807, 2.05) is 6.20 Å². The average molecular weight is 386 g/mol. The second kappa shape index (κ2) is 9.42. The SMILES string of the molecule is CCc1cnc(CNC(=NC)NCCOc2cccc(C(F)(F)F)c2)s1. The van der Waals surface area contributed by atoms with Crippen LogP contribution in [0.1, 0.15) is 22.4 Å². The minimum Gasteiger partial charge on any atom is -0.492 e. The molecular formula is C17H21F3N4OS. The Morgan fingerprint density at radius 1 is 1.31 bits per heavy atom. The third-order valence-electron chi connectivity index (χ3n) is 3.41. The van der Waals surface area contributed by atoms with Crippen LogP contribution in [0.15, 0.2) is 35.5 Å². The molecule has 1 aromatic carbocycles. The Kier molecular flexibility index (Phi) is 7.26. The number of benzene rings is 1. The average Bonchev–Trinajstić information content (AvgIpc) is 3.09. The Morgan fingerprint density at radius 2 is 2.12 bits per heavy atom. The highest BCUT2D eigenvalue weighted by atomic mass is 32.1. The molecule has 0 aliphatic carbocycles. The molecule has 2 rings (SSSR count). The van der Waals surface area contributed by atoms with E-state index in [-0.39, 0.29) is 12.4 Å². The largest absolute Gasteiger partial charge is 0.492 e. The maximum absolute atomic E-state index is 12.7. The topological polar surface area (TPSA) is 58.5 Å². The van der Waals surface area contributed by atoms with Gasteiger partial charge in [0.2, 0.25) is 0 Å². The van der Waals surface area contributed by atoms with Gasteiger partial charge in [-0.25, -0.2) is 4.98 Å². The van der Waals surface area contributed by atoms with Gasteiger partial charge in [-0.2, -0.15) is 13.2 Å². The Labute approximate surface area is 154 Å². The molecule has 0 amide bonds. The molecule has 0 aliphatic heterocycles. The standard InChI is InChI=1S/C17H21F3N4OS/c1-3-14-10-23-15(26-14)11-24-16(21-2)22-7-8-25-13-6-4-5-12(9-13)17(18,19)20/h4-6,9-10H,3,7-8,11H2,1-2H3,(H2,21,22,24). The summed E-state index contributed by atoms with van der Waals surface area (Å²) in [4.78, 5) is 9.62. The number of hydrogen-bond donors (Lipinski definition) is 2. The van der Waals surface area contributed by atoms with Gasteiger partial charge < -0.3 is 15.4 Å². The van der Waals surface area contributed by atoms with Crippen molar-refractivity contribution in [2.75, 3.05) is 20.2 Å². The summed E-state index contributed by atoms with van der Waals surface area (Å²) in [6, 6.07) is 4.82. The smallest absolute Gasteiger partial charge is 0.416 e. The van der Waals surface area contributed by atoms with Gasteiger partial charge in [0.1, 0.15) is 17.4 Å². The highest BCUT2D eigenvalue weighted by Gasteiger charge is 2.30. The molecule has 0 saturated heterocycles. The van der Waals surface area contributed by atoms with Gasteiger partial charge >= 0.3 is 6.18 Å². The molecule has 0 fully saturated rings. The lowest BCUT2D eigenvalue weighted by Gasteiger charge is -2.13. The van der Waals surface area contributed by atoms with Gasteiger partial charge in [0.25, 0.3) is 0 Å². The number of thiazole rings is 1. The highest BCUT2D eigenvalue weighted by Crippen LogP contribution is 2.31. The summed E-state index contributed by atoms with van der Waals surface area (Å²) in [5.41, 5.74) is -0.727. The van der Waals surface area contributed by atoms with Crippen molar-refractivity contribution in [3.05, 3.63) is 45.9 Å². The highest BCUT2D eigenvalue weighted by molar-refractivity contribution is 7.11. The van der Waals surface area contributed by atoms with Crippen molar-refractivity contribution in [3.63, 3.8) is 0 Å². The van der Waals surface area contributed by atoms with E-state index in [0.29, 0.717) is 19.0 Å². The molecule has 1 heterocycles. The van der Waals surface area contributed by atoms with E-state index < -0.39 is 11.7 Å². The summed E-state index contributed by atoms with van der Waals surface area (Å²) in [6.45, 7) is 3.24. The zero-order chi connectivity index (χ0) is 19.0. The van der Waals surface area contributed by atoms with E-state index in [1.165, 1.54) is 17.0 Å². The summed E-state index contributed by atoms with van der Waals surface area (Å²) in [5, 5.41) is 7.14.